The van der Waals surface area contributed by atoms with Crippen molar-refractivity contribution >= 4 is 48.2 Å². The zero-order valence-corrected chi connectivity index (χ0v) is 33.9. The standard InChI is InChI=1S/C30H28FN2S.C13H24O2.Ir/c1-30(2,3)25-16-21(14-20-15-22(31)9-11-23(20)25)27-29-28(33-17-32-27)24-10-8-19(13-26(24)34-29)12-18-6-4-5-7-18;1-5-10(6-2)12(14)9-13(15)11(7-3)8-4;/h8-11,13,15-18H,4-7,12H2,1-3H3;9-11,14H,5-8H2,1-4H3;/q-1;;/b;12-9-;. The Balaban J connectivity index is 0.000000301. The molecule has 0 spiro atoms. The predicted octanol–water partition coefficient (Wildman–Crippen LogP) is 12.5. The van der Waals surface area contributed by atoms with E-state index in [0.717, 1.165) is 63.8 Å². The smallest absolute Gasteiger partial charge is 0.162 e. The largest absolute Gasteiger partial charge is 0.512 e. The second-order valence-electron chi connectivity index (χ2n) is 14.7. The number of aliphatic hydroxyl groups excluding tert-OH is 1. The fourth-order valence-electron chi connectivity index (χ4n) is 7.27. The van der Waals surface area contributed by atoms with Crippen LogP contribution in [0.15, 0.2) is 60.6 Å². The van der Waals surface area contributed by atoms with Crippen LogP contribution in [-0.2, 0) is 36.7 Å². The third-order valence-electron chi connectivity index (χ3n) is 10.3. The van der Waals surface area contributed by atoms with Gasteiger partial charge in [-0.05, 0) is 61.1 Å². The molecule has 0 atom stereocenters. The minimum Gasteiger partial charge on any atom is -0.512 e. The topological polar surface area (TPSA) is 63.1 Å². The third-order valence-corrected chi connectivity index (χ3v) is 11.4. The van der Waals surface area contributed by atoms with Crippen molar-refractivity contribution in [2.45, 2.75) is 112 Å². The van der Waals surface area contributed by atoms with E-state index in [4.69, 9.17) is 4.98 Å². The van der Waals surface area contributed by atoms with E-state index in [1.165, 1.54) is 65.5 Å². The summed E-state index contributed by atoms with van der Waals surface area (Å²) < 4.78 is 16.5. The molecule has 50 heavy (non-hydrogen) atoms. The Morgan fingerprint density at radius 2 is 1.62 bits per heavy atom. The number of aromatic nitrogens is 2. The van der Waals surface area contributed by atoms with E-state index in [1.54, 1.807) is 23.7 Å². The zero-order valence-electron chi connectivity index (χ0n) is 30.7. The number of carbonyl (C=O) groups excluding carboxylic acids is 1. The van der Waals surface area contributed by atoms with E-state index in [0.29, 0.717) is 0 Å². The number of hydrogen-bond acceptors (Lipinski definition) is 5. The molecule has 1 N–H and O–H groups in total. The van der Waals surface area contributed by atoms with Gasteiger partial charge in [-0.3, -0.25) is 9.78 Å². The van der Waals surface area contributed by atoms with Crippen LogP contribution in [0.25, 0.3) is 42.3 Å². The summed E-state index contributed by atoms with van der Waals surface area (Å²) in [5.41, 5.74) is 5.25. The van der Waals surface area contributed by atoms with Gasteiger partial charge in [-0.15, -0.1) is 34.4 Å². The molecule has 5 aromatic rings. The molecule has 1 aliphatic carbocycles. The molecular formula is C43H52FIrN2O2S-. The molecule has 269 valence electrons. The summed E-state index contributed by atoms with van der Waals surface area (Å²) in [5.74, 6) is 1.13. The van der Waals surface area contributed by atoms with Crippen LogP contribution in [0.3, 0.4) is 0 Å². The number of aliphatic hydroxyl groups is 1. The first-order valence-electron chi connectivity index (χ1n) is 18.2. The number of thiophene rings is 1. The minimum absolute atomic E-state index is 0. The van der Waals surface area contributed by atoms with Gasteiger partial charge in [0, 0.05) is 58.5 Å². The summed E-state index contributed by atoms with van der Waals surface area (Å²) in [5, 5.41) is 12.8. The first-order chi connectivity index (χ1) is 23.5. The van der Waals surface area contributed by atoms with E-state index in [9.17, 15) is 14.3 Å². The molecule has 1 saturated carbocycles. The van der Waals surface area contributed by atoms with Crippen LogP contribution < -0.4 is 0 Å². The Bertz CT molecular complexity index is 1950. The SMILES string of the molecule is CC(C)(C)c1cc(-c2ncnc3c2sc2cc(CC4CCCC4)ccc23)[c-]c2cc(F)ccc12.CCC(CC)C(=O)/C=C(\O)C(CC)CC.[Ir]. The van der Waals surface area contributed by atoms with Crippen molar-refractivity contribution in [3.05, 3.63) is 83.6 Å². The van der Waals surface area contributed by atoms with Crippen LogP contribution in [-0.4, -0.2) is 20.9 Å². The van der Waals surface area contributed by atoms with E-state index >= 15 is 0 Å². The maximum Gasteiger partial charge on any atom is 0.162 e. The van der Waals surface area contributed by atoms with Crippen molar-refractivity contribution in [1.29, 1.82) is 0 Å². The molecule has 7 heteroatoms. The minimum atomic E-state index is -0.245. The molecular weight excluding hydrogens is 820 g/mol. The van der Waals surface area contributed by atoms with E-state index < -0.39 is 0 Å². The first kappa shape index (κ1) is 39.8. The van der Waals surface area contributed by atoms with Gasteiger partial charge in [0.2, 0.25) is 0 Å². The quantitative estimate of drug-likeness (QED) is 0.0863. The maximum absolute atomic E-state index is 14.1. The summed E-state index contributed by atoms with van der Waals surface area (Å²) >= 11 is 1.76. The molecule has 0 saturated heterocycles. The van der Waals surface area contributed by atoms with Gasteiger partial charge in [0.05, 0.1) is 17.1 Å². The summed E-state index contributed by atoms with van der Waals surface area (Å²) in [4.78, 5) is 21.1. The third kappa shape index (κ3) is 9.08. The number of fused-ring (bicyclic) bond motifs is 4. The molecule has 0 unspecified atom stereocenters. The van der Waals surface area contributed by atoms with Crippen LogP contribution in [0.4, 0.5) is 4.39 Å². The van der Waals surface area contributed by atoms with Gasteiger partial charge in [0.1, 0.15) is 6.33 Å². The van der Waals surface area contributed by atoms with Crippen molar-refractivity contribution in [2.75, 3.05) is 0 Å². The summed E-state index contributed by atoms with van der Waals surface area (Å²) in [7, 11) is 0. The summed E-state index contributed by atoms with van der Waals surface area (Å²) in [6.07, 6.45) is 13.2. The second-order valence-corrected chi connectivity index (χ2v) is 15.8. The number of rotatable bonds is 10. The molecule has 0 aliphatic heterocycles. The van der Waals surface area contributed by atoms with Gasteiger partial charge in [-0.1, -0.05) is 109 Å². The van der Waals surface area contributed by atoms with Gasteiger partial charge in [0.25, 0.3) is 0 Å². The van der Waals surface area contributed by atoms with E-state index in [1.807, 2.05) is 33.8 Å². The van der Waals surface area contributed by atoms with Gasteiger partial charge in [-0.25, -0.2) is 9.37 Å². The Kier molecular flexibility index (Phi) is 13.9. The average molecular weight is 872 g/mol. The van der Waals surface area contributed by atoms with Crippen molar-refractivity contribution < 1.29 is 34.4 Å². The number of allylic oxidation sites excluding steroid dienone is 2. The van der Waals surface area contributed by atoms with E-state index in [2.05, 4.69) is 56.1 Å². The Labute approximate surface area is 315 Å². The fraction of sp³-hybridized carbons (Fsp3) is 0.465. The number of benzene rings is 3. The average Bonchev–Trinajstić information content (AvgIpc) is 3.72. The van der Waals surface area contributed by atoms with Gasteiger partial charge in [-0.2, -0.15) is 0 Å². The predicted molar refractivity (Wildman–Crippen MR) is 205 cm³/mol. The first-order valence-corrected chi connectivity index (χ1v) is 19.1. The number of hydrogen-bond donors (Lipinski definition) is 1. The zero-order chi connectivity index (χ0) is 35.3. The van der Waals surface area contributed by atoms with Gasteiger partial charge < -0.3 is 5.11 Å². The van der Waals surface area contributed by atoms with Gasteiger partial charge >= 0.3 is 0 Å². The van der Waals surface area contributed by atoms with Crippen molar-refractivity contribution in [2.24, 2.45) is 17.8 Å². The van der Waals surface area contributed by atoms with Gasteiger partial charge in [0.15, 0.2) is 5.78 Å². The second kappa shape index (κ2) is 17.5. The molecule has 2 aromatic heterocycles. The summed E-state index contributed by atoms with van der Waals surface area (Å²) in [6, 6.07) is 17.5. The van der Waals surface area contributed by atoms with Crippen LogP contribution in [0.2, 0.25) is 0 Å². The van der Waals surface area contributed by atoms with Crippen LogP contribution in [0.1, 0.15) is 111 Å². The fourth-order valence-corrected chi connectivity index (χ4v) is 8.49. The molecule has 1 aliphatic rings. The molecule has 6 rings (SSSR count). The summed E-state index contributed by atoms with van der Waals surface area (Å²) in [6.45, 7) is 14.6. The van der Waals surface area contributed by atoms with Crippen LogP contribution in [0.5, 0.6) is 0 Å². The molecule has 2 heterocycles. The number of halogens is 1. The number of ketones is 1. The van der Waals surface area contributed by atoms with Crippen LogP contribution >= 0.6 is 11.3 Å². The number of nitrogens with zero attached hydrogens (tertiary/aromatic N) is 2. The van der Waals surface area contributed by atoms with Crippen molar-refractivity contribution in [1.82, 2.24) is 9.97 Å². The Morgan fingerprint density at radius 1 is 0.960 bits per heavy atom. The van der Waals surface area contributed by atoms with Crippen LogP contribution in [0, 0.1) is 29.6 Å². The number of carbonyl (C=O) groups is 1. The molecule has 4 nitrogen and oxygen atoms in total. The van der Waals surface area contributed by atoms with Crippen molar-refractivity contribution in [3.8, 4) is 11.3 Å². The Morgan fingerprint density at radius 3 is 2.26 bits per heavy atom. The molecule has 3 aromatic carbocycles. The Hall–Kier alpha value is -2.99. The molecule has 0 amide bonds. The monoisotopic (exact) mass is 872 g/mol. The van der Waals surface area contributed by atoms with Crippen molar-refractivity contribution in [3.63, 3.8) is 0 Å². The maximum atomic E-state index is 14.1. The molecule has 1 fully saturated rings. The normalized spacial score (nSPS) is 14.1. The molecule has 1 radical (unpaired) electrons. The van der Waals surface area contributed by atoms with E-state index in [-0.39, 0.29) is 54.7 Å². The molecule has 0 bridgehead atoms.